The number of carbonyl (C=O) groups is 1. The first-order valence-electron chi connectivity index (χ1n) is 6.00. The van der Waals surface area contributed by atoms with Gasteiger partial charge in [-0.1, -0.05) is 0 Å². The Morgan fingerprint density at radius 1 is 1.31 bits per heavy atom. The van der Waals surface area contributed by atoms with Crippen LogP contribution < -0.4 is 0 Å². The van der Waals surface area contributed by atoms with Crippen molar-refractivity contribution in [1.82, 2.24) is 5.06 Å². The molecule has 1 fully saturated rings. The van der Waals surface area contributed by atoms with E-state index in [0.717, 1.165) is 32.1 Å². The summed E-state index contributed by atoms with van der Waals surface area (Å²) in [5, 5.41) is 10.5. The number of hydroxylamine groups is 2. The summed E-state index contributed by atoms with van der Waals surface area (Å²) in [6.45, 7) is 6.06. The van der Waals surface area contributed by atoms with E-state index >= 15 is 0 Å². The number of hydrogen-bond donors (Lipinski definition) is 1. The van der Waals surface area contributed by atoms with Crippen molar-refractivity contribution in [1.29, 1.82) is 0 Å². The van der Waals surface area contributed by atoms with E-state index in [-0.39, 0.29) is 18.2 Å². The van der Waals surface area contributed by atoms with Gasteiger partial charge in [-0.25, -0.2) is 5.06 Å². The van der Waals surface area contributed by atoms with E-state index in [1.54, 1.807) is 0 Å². The van der Waals surface area contributed by atoms with Gasteiger partial charge in [-0.15, -0.1) is 0 Å². The molecule has 0 atom stereocenters. The van der Waals surface area contributed by atoms with Crippen molar-refractivity contribution in [2.45, 2.75) is 58.1 Å². The van der Waals surface area contributed by atoms with Gasteiger partial charge in [-0.3, -0.25) is 9.63 Å². The van der Waals surface area contributed by atoms with Gasteiger partial charge in [-0.05, 0) is 52.4 Å². The first kappa shape index (κ1) is 13.5. The maximum absolute atomic E-state index is 11.0. The van der Waals surface area contributed by atoms with Gasteiger partial charge in [0.25, 0.3) is 0 Å². The van der Waals surface area contributed by atoms with Crippen LogP contribution in [0.15, 0.2) is 0 Å². The molecule has 1 N–H and O–H groups in total. The highest BCUT2D eigenvalue weighted by Crippen LogP contribution is 2.28. The molecular weight excluding hydrogens is 206 g/mol. The van der Waals surface area contributed by atoms with Crippen LogP contribution >= 0.6 is 0 Å². The minimum atomic E-state index is -0.339. The molecule has 4 heteroatoms. The number of amides is 1. The van der Waals surface area contributed by atoms with E-state index < -0.39 is 0 Å². The van der Waals surface area contributed by atoms with E-state index in [1.807, 2.05) is 20.8 Å². The number of carbonyl (C=O) groups excluding carboxylic acids is 1. The molecule has 0 aromatic carbocycles. The summed E-state index contributed by atoms with van der Waals surface area (Å²) in [5.41, 5.74) is -0.339. The third kappa shape index (κ3) is 4.10. The Balaban J connectivity index is 2.46. The molecular formula is C12H23NO3. The molecule has 0 bridgehead atoms. The van der Waals surface area contributed by atoms with E-state index in [2.05, 4.69) is 0 Å². The predicted molar refractivity (Wildman–Crippen MR) is 61.6 cm³/mol. The second kappa shape index (κ2) is 5.64. The van der Waals surface area contributed by atoms with Gasteiger partial charge in [-0.2, -0.15) is 0 Å². The smallest absolute Gasteiger partial charge is 0.233 e. The number of hydrogen-bond acceptors (Lipinski definition) is 3. The highest BCUT2D eigenvalue weighted by atomic mass is 16.7. The van der Waals surface area contributed by atoms with Crippen molar-refractivity contribution in [3.63, 3.8) is 0 Å². The second-order valence-corrected chi connectivity index (χ2v) is 5.53. The zero-order valence-corrected chi connectivity index (χ0v) is 10.5. The SMILES string of the molecule is CC(C)(C)ON(C=O)C1CCC(CO)CC1. The molecule has 16 heavy (non-hydrogen) atoms. The fourth-order valence-electron chi connectivity index (χ4n) is 2.08. The van der Waals surface area contributed by atoms with Crippen LogP contribution in [-0.4, -0.2) is 34.8 Å². The van der Waals surface area contributed by atoms with Gasteiger partial charge in [0.1, 0.15) is 0 Å². The molecule has 0 radical (unpaired) electrons. The number of nitrogens with zero attached hydrogens (tertiary/aromatic N) is 1. The van der Waals surface area contributed by atoms with Crippen LogP contribution in [0.25, 0.3) is 0 Å². The first-order chi connectivity index (χ1) is 7.46. The molecule has 0 heterocycles. The Bertz CT molecular complexity index is 217. The van der Waals surface area contributed by atoms with Gasteiger partial charge in [0.05, 0.1) is 11.6 Å². The molecule has 0 spiro atoms. The maximum atomic E-state index is 11.0. The van der Waals surface area contributed by atoms with Crippen LogP contribution in [0.1, 0.15) is 46.5 Å². The van der Waals surface area contributed by atoms with Crippen LogP contribution in [0, 0.1) is 5.92 Å². The van der Waals surface area contributed by atoms with E-state index in [0.29, 0.717) is 5.92 Å². The summed E-state index contributed by atoms with van der Waals surface area (Å²) in [6.07, 6.45) is 4.55. The molecule has 1 aliphatic rings. The minimum absolute atomic E-state index is 0.166. The normalized spacial score (nSPS) is 26.5. The average molecular weight is 229 g/mol. The minimum Gasteiger partial charge on any atom is -0.396 e. The monoisotopic (exact) mass is 229 g/mol. The first-order valence-corrected chi connectivity index (χ1v) is 6.00. The van der Waals surface area contributed by atoms with Crippen molar-refractivity contribution in [2.24, 2.45) is 5.92 Å². The van der Waals surface area contributed by atoms with E-state index in [9.17, 15) is 4.79 Å². The van der Waals surface area contributed by atoms with E-state index in [1.165, 1.54) is 5.06 Å². The lowest BCUT2D eigenvalue weighted by Gasteiger charge is -2.36. The van der Waals surface area contributed by atoms with Crippen LogP contribution in [0.2, 0.25) is 0 Å². The van der Waals surface area contributed by atoms with Gasteiger partial charge in [0, 0.05) is 6.61 Å². The number of rotatable bonds is 4. The summed E-state index contributed by atoms with van der Waals surface area (Å²) >= 11 is 0. The van der Waals surface area contributed by atoms with Crippen molar-refractivity contribution in [3.05, 3.63) is 0 Å². The van der Waals surface area contributed by atoms with E-state index in [4.69, 9.17) is 9.94 Å². The van der Waals surface area contributed by atoms with Gasteiger partial charge >= 0.3 is 0 Å². The second-order valence-electron chi connectivity index (χ2n) is 5.53. The van der Waals surface area contributed by atoms with Gasteiger partial charge in [0.15, 0.2) is 0 Å². The lowest BCUT2D eigenvalue weighted by Crippen LogP contribution is -2.42. The standard InChI is InChI=1S/C12H23NO3/c1-12(2,3)16-13(9-15)11-6-4-10(8-14)5-7-11/h9-11,14H,4-8H2,1-3H3. The van der Waals surface area contributed by atoms with Gasteiger partial charge < -0.3 is 5.11 Å². The quantitative estimate of drug-likeness (QED) is 0.590. The average Bonchev–Trinajstić information content (AvgIpc) is 2.25. The molecule has 4 nitrogen and oxygen atoms in total. The van der Waals surface area contributed by atoms with Crippen LogP contribution in [-0.2, 0) is 9.63 Å². The molecule has 1 saturated carbocycles. The molecule has 0 aliphatic heterocycles. The zero-order valence-electron chi connectivity index (χ0n) is 10.5. The fraction of sp³-hybridized carbons (Fsp3) is 0.917. The lowest BCUT2D eigenvalue weighted by molar-refractivity contribution is -0.236. The summed E-state index contributed by atoms with van der Waals surface area (Å²) in [7, 11) is 0. The molecule has 94 valence electrons. The van der Waals surface area contributed by atoms with Crippen LogP contribution in [0.3, 0.4) is 0 Å². The Morgan fingerprint density at radius 3 is 2.25 bits per heavy atom. The fourth-order valence-corrected chi connectivity index (χ4v) is 2.08. The summed E-state index contributed by atoms with van der Waals surface area (Å²) < 4.78 is 0. The van der Waals surface area contributed by atoms with Crippen molar-refractivity contribution in [3.8, 4) is 0 Å². The molecule has 0 unspecified atom stereocenters. The molecule has 1 aliphatic carbocycles. The van der Waals surface area contributed by atoms with Crippen molar-refractivity contribution < 1.29 is 14.7 Å². The number of aliphatic hydroxyl groups excluding tert-OH is 1. The molecule has 0 aromatic rings. The predicted octanol–water partition coefficient (Wildman–Crippen LogP) is 1.73. The van der Waals surface area contributed by atoms with Crippen LogP contribution in [0.4, 0.5) is 0 Å². The zero-order chi connectivity index (χ0) is 12.2. The Morgan fingerprint density at radius 2 is 1.88 bits per heavy atom. The third-order valence-corrected chi connectivity index (χ3v) is 2.92. The lowest BCUT2D eigenvalue weighted by atomic mass is 9.86. The highest BCUT2D eigenvalue weighted by Gasteiger charge is 2.28. The topological polar surface area (TPSA) is 49.8 Å². The maximum Gasteiger partial charge on any atom is 0.233 e. The van der Waals surface area contributed by atoms with Gasteiger partial charge in [0.2, 0.25) is 6.41 Å². The summed E-state index contributed by atoms with van der Waals surface area (Å²) in [4.78, 5) is 16.6. The Labute approximate surface area is 97.5 Å². The Hall–Kier alpha value is -0.610. The molecule has 1 rings (SSSR count). The third-order valence-electron chi connectivity index (χ3n) is 2.92. The molecule has 1 amide bonds. The van der Waals surface area contributed by atoms with Crippen molar-refractivity contribution >= 4 is 6.41 Å². The molecule has 0 saturated heterocycles. The Kier molecular flexibility index (Phi) is 4.74. The van der Waals surface area contributed by atoms with Crippen molar-refractivity contribution in [2.75, 3.05) is 6.61 Å². The summed E-state index contributed by atoms with van der Waals surface area (Å²) in [6, 6.07) is 0.166. The number of aliphatic hydroxyl groups is 1. The largest absolute Gasteiger partial charge is 0.396 e. The molecule has 0 aromatic heterocycles. The summed E-state index contributed by atoms with van der Waals surface area (Å²) in [5.74, 6) is 0.402. The highest BCUT2D eigenvalue weighted by molar-refractivity contribution is 5.45. The van der Waals surface area contributed by atoms with Crippen LogP contribution in [0.5, 0.6) is 0 Å².